The molecule has 7 heteroatoms. The predicted molar refractivity (Wildman–Crippen MR) is 113 cm³/mol. The van der Waals surface area contributed by atoms with Gasteiger partial charge in [0.05, 0.1) is 5.75 Å². The Labute approximate surface area is 169 Å². The number of nitrogens with one attached hydrogen (secondary N) is 2. The summed E-state index contributed by atoms with van der Waals surface area (Å²) in [4.78, 5) is 43.0. The summed E-state index contributed by atoms with van der Waals surface area (Å²) in [5, 5.41) is 3.30. The van der Waals surface area contributed by atoms with Crippen LogP contribution in [0.5, 0.6) is 0 Å². The molecule has 0 unspecified atom stereocenters. The first-order chi connectivity index (χ1) is 13.5. The first kappa shape index (κ1) is 21.9. The lowest BCUT2D eigenvalue weighted by Crippen LogP contribution is -2.12. The first-order valence-electron chi connectivity index (χ1n) is 9.68. The molecule has 0 aliphatic heterocycles. The number of benzene rings is 1. The highest BCUT2D eigenvalue weighted by Crippen LogP contribution is 2.16. The van der Waals surface area contributed by atoms with Crippen LogP contribution in [0.2, 0.25) is 0 Å². The lowest BCUT2D eigenvalue weighted by molar-refractivity contribution is -0.116. The van der Waals surface area contributed by atoms with Gasteiger partial charge in [0.25, 0.3) is 5.56 Å². The van der Waals surface area contributed by atoms with Crippen molar-refractivity contribution in [2.24, 2.45) is 0 Å². The van der Waals surface area contributed by atoms with Crippen LogP contribution in [0.25, 0.3) is 0 Å². The Hall–Kier alpha value is -2.41. The molecule has 0 bridgehead atoms. The smallest absolute Gasteiger partial charge is 0.251 e. The van der Waals surface area contributed by atoms with Gasteiger partial charge in [-0.2, -0.15) is 0 Å². The largest absolute Gasteiger partial charge is 0.326 e. The Morgan fingerprint density at radius 2 is 1.86 bits per heavy atom. The molecule has 1 aromatic heterocycles. The number of hydrogen-bond donors (Lipinski definition) is 2. The van der Waals surface area contributed by atoms with Crippen LogP contribution < -0.4 is 10.9 Å². The summed E-state index contributed by atoms with van der Waals surface area (Å²) < 4.78 is 0. The summed E-state index contributed by atoms with van der Waals surface area (Å²) >= 11 is 1.22. The monoisotopic (exact) mass is 401 g/mol. The van der Waals surface area contributed by atoms with Crippen LogP contribution >= 0.6 is 11.8 Å². The molecule has 1 amide bonds. The van der Waals surface area contributed by atoms with Crippen LogP contribution in [0, 0.1) is 0 Å². The Kier molecular flexibility index (Phi) is 8.94. The Morgan fingerprint density at radius 1 is 1.11 bits per heavy atom. The predicted octanol–water partition coefficient (Wildman–Crippen LogP) is 4.22. The molecule has 0 aliphatic carbocycles. The third kappa shape index (κ3) is 7.31. The third-order valence-electron chi connectivity index (χ3n) is 4.12. The van der Waals surface area contributed by atoms with Gasteiger partial charge in [0, 0.05) is 29.4 Å². The van der Waals surface area contributed by atoms with Crippen molar-refractivity contribution in [1.82, 2.24) is 9.97 Å². The molecule has 0 saturated carbocycles. The number of hydrogen-bond acceptors (Lipinski definition) is 5. The molecule has 150 valence electrons. The molecule has 0 spiro atoms. The van der Waals surface area contributed by atoms with E-state index >= 15 is 0 Å². The third-order valence-corrected chi connectivity index (χ3v) is 4.99. The van der Waals surface area contributed by atoms with E-state index in [4.69, 9.17) is 0 Å². The normalized spacial score (nSPS) is 10.6. The number of nitrogens with zero attached hydrogens (tertiary/aromatic N) is 1. The molecule has 1 aromatic carbocycles. The quantitative estimate of drug-likeness (QED) is 0.255. The van der Waals surface area contributed by atoms with Gasteiger partial charge in [0.15, 0.2) is 10.9 Å². The Balaban J connectivity index is 1.89. The number of aryl methyl sites for hydroxylation is 1. The fourth-order valence-corrected chi connectivity index (χ4v) is 3.44. The molecule has 0 aliphatic rings. The van der Waals surface area contributed by atoms with Crippen molar-refractivity contribution in [3.05, 3.63) is 51.9 Å². The van der Waals surface area contributed by atoms with E-state index in [-0.39, 0.29) is 23.0 Å². The average Bonchev–Trinajstić information content (AvgIpc) is 2.67. The molecule has 2 rings (SSSR count). The maximum Gasteiger partial charge on any atom is 0.251 e. The summed E-state index contributed by atoms with van der Waals surface area (Å²) in [5.41, 5.74) is 1.78. The molecule has 28 heavy (non-hydrogen) atoms. The van der Waals surface area contributed by atoms with Crippen molar-refractivity contribution in [2.45, 2.75) is 57.5 Å². The molecular formula is C21H27N3O3S. The lowest BCUT2D eigenvalue weighted by Gasteiger charge is -2.06. The van der Waals surface area contributed by atoms with Crippen molar-refractivity contribution in [3.8, 4) is 0 Å². The van der Waals surface area contributed by atoms with E-state index in [0.29, 0.717) is 22.8 Å². The zero-order valence-corrected chi connectivity index (χ0v) is 17.2. The van der Waals surface area contributed by atoms with Crippen LogP contribution in [0.15, 0.2) is 40.3 Å². The van der Waals surface area contributed by atoms with Crippen molar-refractivity contribution >= 4 is 29.1 Å². The minimum atomic E-state index is -0.201. The van der Waals surface area contributed by atoms with Crippen LogP contribution in [0.3, 0.4) is 0 Å². The van der Waals surface area contributed by atoms with Crippen LogP contribution in [0.1, 0.15) is 62.0 Å². The fourth-order valence-electron chi connectivity index (χ4n) is 2.65. The number of unbranched alkanes of at least 4 members (excludes halogenated alkanes) is 2. The van der Waals surface area contributed by atoms with Gasteiger partial charge in [-0.3, -0.25) is 14.4 Å². The Morgan fingerprint density at radius 3 is 2.54 bits per heavy atom. The number of H-pyrrole nitrogens is 1. The van der Waals surface area contributed by atoms with Crippen molar-refractivity contribution in [1.29, 1.82) is 0 Å². The van der Waals surface area contributed by atoms with Gasteiger partial charge < -0.3 is 10.3 Å². The summed E-state index contributed by atoms with van der Waals surface area (Å²) in [5.74, 6) is 0.112. The van der Waals surface area contributed by atoms with E-state index in [0.717, 1.165) is 37.8 Å². The number of rotatable bonds is 11. The highest BCUT2D eigenvalue weighted by Gasteiger charge is 2.10. The minimum Gasteiger partial charge on any atom is -0.326 e. The van der Waals surface area contributed by atoms with E-state index in [1.165, 1.54) is 17.8 Å². The van der Waals surface area contributed by atoms with Crippen molar-refractivity contribution < 1.29 is 9.59 Å². The number of Topliss-reactive ketones (excluding diaryl/α,β-unsaturated/α-hetero) is 1. The van der Waals surface area contributed by atoms with Gasteiger partial charge in [0.1, 0.15) is 0 Å². The highest BCUT2D eigenvalue weighted by molar-refractivity contribution is 7.99. The number of ketones is 1. The Bertz CT molecular complexity index is 847. The molecule has 0 radical (unpaired) electrons. The fraction of sp³-hybridized carbons (Fsp3) is 0.429. The lowest BCUT2D eigenvalue weighted by atomic mass is 10.1. The van der Waals surface area contributed by atoms with E-state index in [1.807, 2.05) is 6.92 Å². The van der Waals surface area contributed by atoms with Crippen LogP contribution in [0.4, 0.5) is 5.69 Å². The second-order valence-electron chi connectivity index (χ2n) is 6.59. The van der Waals surface area contributed by atoms with E-state index < -0.39 is 0 Å². The maximum absolute atomic E-state index is 12.4. The van der Waals surface area contributed by atoms with E-state index in [2.05, 4.69) is 22.2 Å². The minimum absolute atomic E-state index is 0.00919. The zero-order chi connectivity index (χ0) is 20.4. The maximum atomic E-state index is 12.4. The molecule has 0 saturated heterocycles. The molecule has 2 aromatic rings. The SMILES string of the molecule is CCCCCC(=O)Nc1ccc(C(=O)CSc2nc(CCC)cc(=O)[nH]2)cc1. The van der Waals surface area contributed by atoms with Crippen molar-refractivity contribution in [2.75, 3.05) is 11.1 Å². The summed E-state index contributed by atoms with van der Waals surface area (Å²) in [6.07, 6.45) is 5.14. The number of aromatic amines is 1. The van der Waals surface area contributed by atoms with Gasteiger partial charge in [0.2, 0.25) is 5.91 Å². The topological polar surface area (TPSA) is 91.9 Å². The van der Waals surface area contributed by atoms with E-state index in [9.17, 15) is 14.4 Å². The number of aromatic nitrogens is 2. The van der Waals surface area contributed by atoms with Gasteiger partial charge in [-0.15, -0.1) is 0 Å². The first-order valence-corrected chi connectivity index (χ1v) is 10.7. The highest BCUT2D eigenvalue weighted by atomic mass is 32.2. The molecule has 1 heterocycles. The van der Waals surface area contributed by atoms with Crippen LogP contribution in [-0.2, 0) is 11.2 Å². The number of anilines is 1. The number of carbonyl (C=O) groups is 2. The van der Waals surface area contributed by atoms with Gasteiger partial charge >= 0.3 is 0 Å². The summed E-state index contributed by atoms with van der Waals surface area (Å²) in [7, 11) is 0. The molecular weight excluding hydrogens is 374 g/mol. The average molecular weight is 402 g/mol. The standard InChI is InChI=1S/C21H27N3O3S/c1-3-5-6-8-19(26)22-16-11-9-15(10-12-16)18(25)14-28-21-23-17(7-4-2)13-20(27)24-21/h9-13H,3-8,14H2,1-2H3,(H,22,26)(H,23,24,27). The second-order valence-corrected chi connectivity index (χ2v) is 7.55. The number of carbonyl (C=O) groups excluding carboxylic acids is 2. The molecule has 6 nitrogen and oxygen atoms in total. The summed E-state index contributed by atoms with van der Waals surface area (Å²) in [6, 6.07) is 8.36. The van der Waals surface area contributed by atoms with Gasteiger partial charge in [-0.1, -0.05) is 44.9 Å². The zero-order valence-electron chi connectivity index (χ0n) is 16.4. The molecule has 2 N–H and O–H groups in total. The summed E-state index contributed by atoms with van der Waals surface area (Å²) in [6.45, 7) is 4.12. The number of amides is 1. The van der Waals surface area contributed by atoms with E-state index in [1.54, 1.807) is 24.3 Å². The van der Waals surface area contributed by atoms with Gasteiger partial charge in [-0.05, 0) is 37.1 Å². The molecule has 0 fully saturated rings. The van der Waals surface area contributed by atoms with Crippen LogP contribution in [-0.4, -0.2) is 27.4 Å². The number of thioether (sulfide) groups is 1. The second kappa shape index (κ2) is 11.4. The molecule has 0 atom stereocenters. The van der Waals surface area contributed by atoms with Gasteiger partial charge in [-0.25, -0.2) is 4.98 Å². The van der Waals surface area contributed by atoms with Crippen molar-refractivity contribution in [3.63, 3.8) is 0 Å².